The molecule has 0 radical (unpaired) electrons. The van der Waals surface area contributed by atoms with Gasteiger partial charge in [0.25, 0.3) is 0 Å². The smallest absolute Gasteiger partial charge is 0.123 e. The van der Waals surface area contributed by atoms with Crippen LogP contribution in [0.4, 0.5) is 0 Å². The van der Waals surface area contributed by atoms with Crippen LogP contribution in [0.1, 0.15) is 31.2 Å². The first-order valence-corrected chi connectivity index (χ1v) is 8.08. The van der Waals surface area contributed by atoms with Crippen LogP contribution in [0.3, 0.4) is 0 Å². The minimum Gasteiger partial charge on any atom is -0.507 e. The van der Waals surface area contributed by atoms with Crippen LogP contribution in [0.25, 0.3) is 0 Å². The SMILES string of the molecule is COc1ccc(CN2CCC(C3CCCN3)CC2)c(O)c1. The summed E-state index contributed by atoms with van der Waals surface area (Å²) in [6.45, 7) is 4.30. The monoisotopic (exact) mass is 290 g/mol. The van der Waals surface area contributed by atoms with E-state index in [9.17, 15) is 5.11 Å². The molecule has 2 heterocycles. The molecule has 1 aromatic carbocycles. The topological polar surface area (TPSA) is 44.7 Å². The third-order valence-corrected chi connectivity index (χ3v) is 4.99. The van der Waals surface area contributed by atoms with Crippen LogP contribution < -0.4 is 10.1 Å². The zero-order valence-corrected chi connectivity index (χ0v) is 12.8. The van der Waals surface area contributed by atoms with Gasteiger partial charge < -0.3 is 15.2 Å². The summed E-state index contributed by atoms with van der Waals surface area (Å²) in [5, 5.41) is 13.7. The number of phenols is 1. The van der Waals surface area contributed by atoms with Gasteiger partial charge in [-0.2, -0.15) is 0 Å². The summed E-state index contributed by atoms with van der Waals surface area (Å²) in [5.74, 6) is 1.89. The van der Waals surface area contributed by atoms with Gasteiger partial charge in [-0.1, -0.05) is 6.07 Å². The van der Waals surface area contributed by atoms with Crippen LogP contribution in [-0.4, -0.2) is 42.8 Å². The Labute approximate surface area is 127 Å². The Morgan fingerprint density at radius 2 is 2.10 bits per heavy atom. The molecule has 116 valence electrons. The molecule has 4 nitrogen and oxygen atoms in total. The van der Waals surface area contributed by atoms with Crippen LogP contribution in [-0.2, 0) is 6.54 Å². The fourth-order valence-electron chi connectivity index (χ4n) is 3.67. The maximum absolute atomic E-state index is 10.1. The zero-order valence-electron chi connectivity index (χ0n) is 12.8. The third kappa shape index (κ3) is 3.50. The van der Waals surface area contributed by atoms with Crippen molar-refractivity contribution in [2.45, 2.75) is 38.3 Å². The van der Waals surface area contributed by atoms with Crippen LogP contribution >= 0.6 is 0 Å². The Morgan fingerprint density at radius 1 is 1.29 bits per heavy atom. The van der Waals surface area contributed by atoms with Gasteiger partial charge in [0.1, 0.15) is 11.5 Å². The van der Waals surface area contributed by atoms with Crippen LogP contribution in [0, 0.1) is 5.92 Å². The van der Waals surface area contributed by atoms with Crippen LogP contribution in [0.5, 0.6) is 11.5 Å². The Kier molecular flexibility index (Phi) is 4.66. The largest absolute Gasteiger partial charge is 0.507 e. The molecule has 2 saturated heterocycles. The van der Waals surface area contributed by atoms with E-state index < -0.39 is 0 Å². The van der Waals surface area contributed by atoms with E-state index in [0.717, 1.165) is 37.2 Å². The van der Waals surface area contributed by atoms with Gasteiger partial charge in [-0.15, -0.1) is 0 Å². The molecule has 21 heavy (non-hydrogen) atoms. The second kappa shape index (κ2) is 6.67. The summed E-state index contributed by atoms with van der Waals surface area (Å²) in [7, 11) is 1.62. The molecule has 1 atom stereocenters. The number of piperidine rings is 1. The lowest BCUT2D eigenvalue weighted by molar-refractivity contribution is 0.156. The molecule has 0 aliphatic carbocycles. The predicted molar refractivity (Wildman–Crippen MR) is 83.7 cm³/mol. The normalized spacial score (nSPS) is 24.3. The van der Waals surface area contributed by atoms with Crippen molar-refractivity contribution in [3.63, 3.8) is 0 Å². The Bertz CT molecular complexity index is 464. The maximum atomic E-state index is 10.1. The first kappa shape index (κ1) is 14.7. The first-order chi connectivity index (χ1) is 10.3. The van der Waals surface area contributed by atoms with Gasteiger partial charge in [0.15, 0.2) is 0 Å². The minimum atomic E-state index is 0.342. The van der Waals surface area contributed by atoms with Crippen molar-refractivity contribution in [2.24, 2.45) is 5.92 Å². The standard InChI is InChI=1S/C17H26N2O2/c1-21-15-5-4-14(17(20)11-15)12-19-9-6-13(7-10-19)16-3-2-8-18-16/h4-5,11,13,16,18,20H,2-3,6-10,12H2,1H3. The number of likely N-dealkylation sites (tertiary alicyclic amines) is 1. The number of hydrogen-bond acceptors (Lipinski definition) is 4. The fourth-order valence-corrected chi connectivity index (χ4v) is 3.67. The van der Waals surface area contributed by atoms with Gasteiger partial charge in [-0.05, 0) is 57.3 Å². The highest BCUT2D eigenvalue weighted by Gasteiger charge is 2.28. The highest BCUT2D eigenvalue weighted by Crippen LogP contribution is 2.29. The van der Waals surface area contributed by atoms with Crippen molar-refractivity contribution in [1.29, 1.82) is 0 Å². The Morgan fingerprint density at radius 3 is 2.71 bits per heavy atom. The van der Waals surface area contributed by atoms with Crippen molar-refractivity contribution in [3.05, 3.63) is 23.8 Å². The Balaban J connectivity index is 1.53. The average Bonchev–Trinajstić information content (AvgIpc) is 3.04. The summed E-state index contributed by atoms with van der Waals surface area (Å²) < 4.78 is 5.13. The van der Waals surface area contributed by atoms with Crippen LogP contribution in [0.2, 0.25) is 0 Å². The van der Waals surface area contributed by atoms with E-state index in [0.29, 0.717) is 11.5 Å². The lowest BCUT2D eigenvalue weighted by Gasteiger charge is -2.35. The Hall–Kier alpha value is -1.26. The van der Waals surface area contributed by atoms with Gasteiger partial charge in [0, 0.05) is 24.2 Å². The third-order valence-electron chi connectivity index (χ3n) is 4.99. The average molecular weight is 290 g/mol. The molecule has 2 aliphatic heterocycles. The van der Waals surface area contributed by atoms with E-state index in [1.165, 1.54) is 32.2 Å². The summed E-state index contributed by atoms with van der Waals surface area (Å²) in [6.07, 6.45) is 5.23. The quantitative estimate of drug-likeness (QED) is 0.893. The molecule has 0 bridgehead atoms. The number of phenolic OH excluding ortho intramolecular Hbond substituents is 1. The van der Waals surface area contributed by atoms with Gasteiger partial charge in [-0.3, -0.25) is 4.90 Å². The molecule has 0 aromatic heterocycles. The summed E-state index contributed by atoms with van der Waals surface area (Å²) in [5.41, 5.74) is 0.994. The second-order valence-corrected chi connectivity index (χ2v) is 6.31. The van der Waals surface area contributed by atoms with Gasteiger partial charge in [0.2, 0.25) is 0 Å². The van der Waals surface area contributed by atoms with E-state index in [2.05, 4.69) is 10.2 Å². The van der Waals surface area contributed by atoms with E-state index in [4.69, 9.17) is 4.74 Å². The van der Waals surface area contributed by atoms with Crippen molar-refractivity contribution in [2.75, 3.05) is 26.7 Å². The molecule has 3 rings (SSSR count). The van der Waals surface area contributed by atoms with E-state index in [-0.39, 0.29) is 0 Å². The minimum absolute atomic E-state index is 0.342. The highest BCUT2D eigenvalue weighted by molar-refractivity contribution is 5.39. The van der Waals surface area contributed by atoms with E-state index in [1.807, 2.05) is 12.1 Å². The van der Waals surface area contributed by atoms with Crippen molar-refractivity contribution in [3.8, 4) is 11.5 Å². The molecule has 0 amide bonds. The molecular formula is C17H26N2O2. The van der Waals surface area contributed by atoms with Gasteiger partial charge >= 0.3 is 0 Å². The molecule has 0 saturated carbocycles. The maximum Gasteiger partial charge on any atom is 0.123 e. The number of benzene rings is 1. The van der Waals surface area contributed by atoms with Crippen molar-refractivity contribution < 1.29 is 9.84 Å². The predicted octanol–water partition coefficient (Wildman–Crippen LogP) is 2.36. The number of aromatic hydroxyl groups is 1. The first-order valence-electron chi connectivity index (χ1n) is 8.08. The van der Waals surface area contributed by atoms with Gasteiger partial charge in [0.05, 0.1) is 7.11 Å². The molecule has 2 fully saturated rings. The number of hydrogen-bond donors (Lipinski definition) is 2. The summed E-state index contributed by atoms with van der Waals surface area (Å²) in [4.78, 5) is 2.45. The fraction of sp³-hybridized carbons (Fsp3) is 0.647. The second-order valence-electron chi connectivity index (χ2n) is 6.31. The molecule has 1 aromatic rings. The van der Waals surface area contributed by atoms with E-state index >= 15 is 0 Å². The number of ether oxygens (including phenoxy) is 1. The number of methoxy groups -OCH3 is 1. The molecule has 2 N–H and O–H groups in total. The highest BCUT2D eigenvalue weighted by atomic mass is 16.5. The number of nitrogens with one attached hydrogen (secondary N) is 1. The number of nitrogens with zero attached hydrogens (tertiary/aromatic N) is 1. The molecular weight excluding hydrogens is 264 g/mol. The summed E-state index contributed by atoms with van der Waals surface area (Å²) in [6, 6.07) is 6.34. The number of rotatable bonds is 4. The lowest BCUT2D eigenvalue weighted by Crippen LogP contribution is -2.40. The molecule has 0 spiro atoms. The lowest BCUT2D eigenvalue weighted by atomic mass is 9.88. The van der Waals surface area contributed by atoms with Crippen molar-refractivity contribution in [1.82, 2.24) is 10.2 Å². The molecule has 4 heteroatoms. The summed E-state index contributed by atoms with van der Waals surface area (Å²) >= 11 is 0. The van der Waals surface area contributed by atoms with Gasteiger partial charge in [-0.25, -0.2) is 0 Å². The van der Waals surface area contributed by atoms with Crippen molar-refractivity contribution >= 4 is 0 Å². The molecule has 2 aliphatic rings. The van der Waals surface area contributed by atoms with Crippen LogP contribution in [0.15, 0.2) is 18.2 Å². The van der Waals surface area contributed by atoms with E-state index in [1.54, 1.807) is 13.2 Å². The zero-order chi connectivity index (χ0) is 14.7. The molecule has 1 unspecified atom stereocenters.